The number of halogens is 1. The van der Waals surface area contributed by atoms with Crippen molar-refractivity contribution in [2.45, 2.75) is 71.9 Å². The van der Waals surface area contributed by atoms with E-state index in [1.54, 1.807) is 6.20 Å². The molecular formula is C16H28ClN3. The number of hydrogen-bond donors (Lipinski definition) is 1. The van der Waals surface area contributed by atoms with Crippen molar-refractivity contribution in [3.8, 4) is 0 Å². The molecule has 1 aliphatic carbocycles. The van der Waals surface area contributed by atoms with Crippen molar-refractivity contribution in [2.75, 3.05) is 0 Å². The molecule has 1 saturated carbocycles. The lowest BCUT2D eigenvalue weighted by Gasteiger charge is -2.37. The Balaban J connectivity index is 2.37. The lowest BCUT2D eigenvalue weighted by molar-refractivity contribution is 0.175. The molecular weight excluding hydrogens is 270 g/mol. The number of rotatable bonds is 5. The molecule has 114 valence electrons. The topological polar surface area (TPSA) is 43.8 Å². The zero-order valence-corrected chi connectivity index (χ0v) is 14.0. The number of nitrogens with two attached hydrogens (primary N) is 1. The van der Waals surface area contributed by atoms with Gasteiger partial charge in [-0.2, -0.15) is 5.10 Å². The minimum Gasteiger partial charge on any atom is -0.322 e. The van der Waals surface area contributed by atoms with Crippen LogP contribution in [0.3, 0.4) is 0 Å². The monoisotopic (exact) mass is 297 g/mol. The lowest BCUT2D eigenvalue weighted by atomic mass is 9.72. The van der Waals surface area contributed by atoms with Crippen molar-refractivity contribution in [3.05, 3.63) is 16.9 Å². The van der Waals surface area contributed by atoms with E-state index in [0.29, 0.717) is 12.0 Å². The highest BCUT2D eigenvalue weighted by molar-refractivity contribution is 6.31. The molecule has 1 aromatic rings. The summed E-state index contributed by atoms with van der Waals surface area (Å²) in [5.41, 5.74) is 7.95. The van der Waals surface area contributed by atoms with E-state index in [-0.39, 0.29) is 11.5 Å². The van der Waals surface area contributed by atoms with Gasteiger partial charge in [0, 0.05) is 6.04 Å². The molecule has 0 aromatic carbocycles. The first-order valence-electron chi connectivity index (χ1n) is 7.86. The average Bonchev–Trinajstić information content (AvgIpc) is 2.95. The summed E-state index contributed by atoms with van der Waals surface area (Å²) in [4.78, 5) is 0. The highest BCUT2D eigenvalue weighted by Crippen LogP contribution is 2.51. The van der Waals surface area contributed by atoms with E-state index >= 15 is 0 Å². The summed E-state index contributed by atoms with van der Waals surface area (Å²) in [6, 6.07) is 0.283. The molecule has 0 bridgehead atoms. The van der Waals surface area contributed by atoms with Crippen LogP contribution in [-0.2, 0) is 0 Å². The number of nitrogens with zero attached hydrogens (tertiary/aromatic N) is 2. The fraction of sp³-hybridized carbons (Fsp3) is 0.812. The third kappa shape index (κ3) is 2.89. The van der Waals surface area contributed by atoms with E-state index in [9.17, 15) is 0 Å². The molecule has 0 aliphatic heterocycles. The maximum atomic E-state index is 6.72. The van der Waals surface area contributed by atoms with Crippen LogP contribution in [0, 0.1) is 11.3 Å². The predicted octanol–water partition coefficient (Wildman–Crippen LogP) is 4.72. The predicted molar refractivity (Wildman–Crippen MR) is 84.9 cm³/mol. The average molecular weight is 298 g/mol. The quantitative estimate of drug-likeness (QED) is 0.854. The first-order chi connectivity index (χ1) is 9.37. The molecule has 1 heterocycles. The molecule has 4 heteroatoms. The Kier molecular flexibility index (Phi) is 4.80. The van der Waals surface area contributed by atoms with Gasteiger partial charge in [0.1, 0.15) is 0 Å². The maximum Gasteiger partial charge on any atom is 0.0834 e. The Morgan fingerprint density at radius 1 is 1.30 bits per heavy atom. The van der Waals surface area contributed by atoms with Gasteiger partial charge in [0.25, 0.3) is 0 Å². The summed E-state index contributed by atoms with van der Waals surface area (Å²) in [5.74, 6) is 0.661. The minimum absolute atomic E-state index is 0.00944. The SMILES string of the molecule is CC(C)CC1(C(N)c2c(Cl)cnn2C(C)C)CCCC1. The smallest absolute Gasteiger partial charge is 0.0834 e. The van der Waals surface area contributed by atoms with Crippen LogP contribution in [0.15, 0.2) is 6.20 Å². The molecule has 1 unspecified atom stereocenters. The van der Waals surface area contributed by atoms with Gasteiger partial charge in [0.15, 0.2) is 0 Å². The summed E-state index contributed by atoms with van der Waals surface area (Å²) < 4.78 is 2.01. The van der Waals surface area contributed by atoms with Gasteiger partial charge in [0.05, 0.1) is 23.0 Å². The van der Waals surface area contributed by atoms with Crippen molar-refractivity contribution in [1.82, 2.24) is 9.78 Å². The maximum absolute atomic E-state index is 6.72. The molecule has 2 N–H and O–H groups in total. The van der Waals surface area contributed by atoms with E-state index in [2.05, 4.69) is 32.8 Å². The van der Waals surface area contributed by atoms with E-state index in [0.717, 1.165) is 10.7 Å². The van der Waals surface area contributed by atoms with Crippen LogP contribution in [0.1, 0.15) is 77.6 Å². The normalized spacial score (nSPS) is 20.0. The van der Waals surface area contributed by atoms with Gasteiger partial charge in [-0.3, -0.25) is 4.68 Å². The van der Waals surface area contributed by atoms with Gasteiger partial charge in [-0.15, -0.1) is 0 Å². The molecule has 3 nitrogen and oxygen atoms in total. The van der Waals surface area contributed by atoms with Crippen LogP contribution in [0.25, 0.3) is 0 Å². The van der Waals surface area contributed by atoms with E-state index < -0.39 is 0 Å². The third-order valence-corrected chi connectivity index (χ3v) is 4.94. The highest BCUT2D eigenvalue weighted by atomic mass is 35.5. The van der Waals surface area contributed by atoms with Gasteiger partial charge in [0.2, 0.25) is 0 Å². The van der Waals surface area contributed by atoms with Gasteiger partial charge in [-0.25, -0.2) is 0 Å². The van der Waals surface area contributed by atoms with Crippen molar-refractivity contribution in [1.29, 1.82) is 0 Å². The van der Waals surface area contributed by atoms with Crippen LogP contribution in [0.4, 0.5) is 0 Å². The van der Waals surface area contributed by atoms with Crippen LogP contribution in [0.2, 0.25) is 5.02 Å². The molecule has 1 atom stereocenters. The van der Waals surface area contributed by atoms with Gasteiger partial charge in [-0.1, -0.05) is 38.3 Å². The van der Waals surface area contributed by atoms with Crippen LogP contribution in [-0.4, -0.2) is 9.78 Å². The molecule has 1 aliphatic rings. The van der Waals surface area contributed by atoms with Crippen LogP contribution < -0.4 is 5.73 Å². The second-order valence-corrected chi connectivity index (χ2v) is 7.47. The summed E-state index contributed by atoms with van der Waals surface area (Å²) in [5, 5.41) is 5.15. The van der Waals surface area contributed by atoms with Gasteiger partial charge >= 0.3 is 0 Å². The van der Waals surface area contributed by atoms with Crippen molar-refractivity contribution < 1.29 is 0 Å². The molecule has 2 rings (SSSR count). The zero-order chi connectivity index (χ0) is 14.9. The molecule has 20 heavy (non-hydrogen) atoms. The van der Waals surface area contributed by atoms with E-state index in [1.165, 1.54) is 32.1 Å². The standard InChI is InChI=1S/C16H28ClN3/c1-11(2)9-16(7-5-6-8-16)15(18)14-13(17)10-19-20(14)12(3)4/h10-12,15H,5-9,18H2,1-4H3. The minimum atomic E-state index is -0.00944. The van der Waals surface area contributed by atoms with Crippen molar-refractivity contribution in [3.63, 3.8) is 0 Å². The molecule has 1 fully saturated rings. The second kappa shape index (κ2) is 6.07. The molecule has 0 radical (unpaired) electrons. The Bertz CT molecular complexity index is 445. The van der Waals surface area contributed by atoms with Crippen molar-refractivity contribution in [2.24, 2.45) is 17.1 Å². The Morgan fingerprint density at radius 3 is 2.40 bits per heavy atom. The number of hydrogen-bond acceptors (Lipinski definition) is 2. The molecule has 0 saturated heterocycles. The largest absolute Gasteiger partial charge is 0.322 e. The lowest BCUT2D eigenvalue weighted by Crippen LogP contribution is -2.35. The summed E-state index contributed by atoms with van der Waals surface area (Å²) >= 11 is 6.40. The molecule has 0 amide bonds. The number of aromatic nitrogens is 2. The summed E-state index contributed by atoms with van der Waals surface area (Å²) in [7, 11) is 0. The summed E-state index contributed by atoms with van der Waals surface area (Å²) in [6.07, 6.45) is 7.92. The third-order valence-electron chi connectivity index (χ3n) is 4.64. The first kappa shape index (κ1) is 15.8. The second-order valence-electron chi connectivity index (χ2n) is 7.06. The molecule has 1 aromatic heterocycles. The van der Waals surface area contributed by atoms with Crippen molar-refractivity contribution >= 4 is 11.6 Å². The first-order valence-corrected chi connectivity index (χ1v) is 8.23. The van der Waals surface area contributed by atoms with Gasteiger partial charge < -0.3 is 5.73 Å². The fourth-order valence-corrected chi connectivity index (χ4v) is 4.13. The van der Waals surface area contributed by atoms with E-state index in [4.69, 9.17) is 17.3 Å². The van der Waals surface area contributed by atoms with Gasteiger partial charge in [-0.05, 0) is 44.4 Å². The highest BCUT2D eigenvalue weighted by Gasteiger charge is 2.42. The molecule has 0 spiro atoms. The summed E-state index contributed by atoms with van der Waals surface area (Å²) in [6.45, 7) is 8.83. The Morgan fingerprint density at radius 2 is 1.90 bits per heavy atom. The zero-order valence-electron chi connectivity index (χ0n) is 13.2. The van der Waals surface area contributed by atoms with E-state index in [1.807, 2.05) is 4.68 Å². The van der Waals surface area contributed by atoms with Crippen LogP contribution >= 0.6 is 11.6 Å². The Labute approximate surface area is 127 Å². The Hall–Kier alpha value is -0.540. The fourth-order valence-electron chi connectivity index (χ4n) is 3.88. The van der Waals surface area contributed by atoms with Crippen LogP contribution in [0.5, 0.6) is 0 Å².